The summed E-state index contributed by atoms with van der Waals surface area (Å²) in [5.74, 6) is 0.218. The van der Waals surface area contributed by atoms with E-state index in [1.54, 1.807) is 0 Å². The number of hydrogen-bond acceptors (Lipinski definition) is 8. The Morgan fingerprint density at radius 3 is 2.55 bits per heavy atom. The van der Waals surface area contributed by atoms with E-state index in [0.717, 1.165) is 0 Å². The first kappa shape index (κ1) is 13.9. The van der Waals surface area contributed by atoms with Crippen molar-refractivity contribution in [2.45, 2.75) is 0 Å². The van der Waals surface area contributed by atoms with Crippen molar-refractivity contribution >= 4 is 22.9 Å². The van der Waals surface area contributed by atoms with Crippen molar-refractivity contribution < 1.29 is 10.2 Å². The van der Waals surface area contributed by atoms with E-state index in [1.165, 1.54) is 5.01 Å². The van der Waals surface area contributed by atoms with Crippen molar-refractivity contribution in [1.82, 2.24) is 24.9 Å². The van der Waals surface area contributed by atoms with Crippen LogP contribution in [0.4, 0.5) is 11.8 Å². The van der Waals surface area contributed by atoms with Crippen molar-refractivity contribution in [1.29, 1.82) is 0 Å². The Hall–Kier alpha value is -2.53. The Morgan fingerprint density at radius 2 is 1.90 bits per heavy atom. The number of aromatic nitrogens is 4. The lowest BCUT2D eigenvalue weighted by Crippen LogP contribution is -2.24. The third-order valence-corrected chi connectivity index (χ3v) is 2.37. The van der Waals surface area contributed by atoms with Gasteiger partial charge in [-0.2, -0.15) is 9.97 Å². The number of nitrogens with two attached hydrogens (primary N) is 1. The van der Waals surface area contributed by atoms with E-state index in [0.29, 0.717) is 5.52 Å². The second kappa shape index (κ2) is 6.08. The molecule has 0 unspecified atom stereocenters. The molecule has 0 atom stereocenters. The van der Waals surface area contributed by atoms with E-state index in [9.17, 15) is 4.79 Å². The first-order chi connectivity index (χ1) is 9.63. The summed E-state index contributed by atoms with van der Waals surface area (Å²) in [6, 6.07) is 0. The van der Waals surface area contributed by atoms with Gasteiger partial charge in [0.15, 0.2) is 5.65 Å². The van der Waals surface area contributed by atoms with E-state index in [4.69, 9.17) is 15.9 Å². The molecule has 2 rings (SSSR count). The van der Waals surface area contributed by atoms with Gasteiger partial charge < -0.3 is 20.9 Å². The summed E-state index contributed by atoms with van der Waals surface area (Å²) in [5.41, 5.74) is 5.49. The molecule has 11 nitrogen and oxygen atoms in total. The quantitative estimate of drug-likeness (QED) is 0.317. The van der Waals surface area contributed by atoms with Crippen LogP contribution >= 0.6 is 0 Å². The fourth-order valence-corrected chi connectivity index (χ4v) is 1.51. The largest absolute Gasteiger partial charge is 0.394 e. The van der Waals surface area contributed by atoms with Crippen molar-refractivity contribution in [2.75, 3.05) is 32.0 Å². The van der Waals surface area contributed by atoms with Gasteiger partial charge >= 0.3 is 5.69 Å². The minimum absolute atomic E-state index is 0.108. The monoisotopic (exact) mass is 282 g/mol. The van der Waals surface area contributed by atoms with Crippen LogP contribution in [0.15, 0.2) is 15.1 Å². The van der Waals surface area contributed by atoms with E-state index in [1.807, 2.05) is 0 Å². The molecule has 0 saturated carbocycles. The fraction of sp³-hybridized carbons (Fsp3) is 0.444. The highest BCUT2D eigenvalue weighted by atomic mass is 16.3. The lowest BCUT2D eigenvalue weighted by atomic mass is 10.5. The first-order valence-corrected chi connectivity index (χ1v) is 5.78. The third kappa shape index (κ3) is 3.07. The molecular formula is C9H14N8O3. The number of H-pyrrole nitrogens is 2. The number of nitrogen functional groups attached to an aromatic ring is 1. The van der Waals surface area contributed by atoms with Gasteiger partial charge in [-0.3, -0.25) is 9.99 Å². The number of rotatable bonds is 6. The molecule has 0 saturated heterocycles. The van der Waals surface area contributed by atoms with Gasteiger partial charge in [0.2, 0.25) is 0 Å². The number of fused-ring (bicyclic) bond motifs is 1. The summed E-state index contributed by atoms with van der Waals surface area (Å²) in [4.78, 5) is 23.8. The molecule has 0 aromatic carbocycles. The molecular weight excluding hydrogens is 268 g/mol. The van der Waals surface area contributed by atoms with Crippen LogP contribution in [0.1, 0.15) is 0 Å². The van der Waals surface area contributed by atoms with E-state index in [-0.39, 0.29) is 43.7 Å². The SMILES string of the molecule is Nc1[nH]c(=O)nc2nc(/N=N/N(CCO)CCO)[nH]c12. The summed E-state index contributed by atoms with van der Waals surface area (Å²) < 4.78 is 0. The van der Waals surface area contributed by atoms with Crippen LogP contribution in [-0.4, -0.2) is 61.5 Å². The molecule has 0 aliphatic rings. The van der Waals surface area contributed by atoms with Crippen molar-refractivity contribution in [3.05, 3.63) is 10.5 Å². The smallest absolute Gasteiger partial charge is 0.348 e. The zero-order valence-electron chi connectivity index (χ0n) is 10.4. The van der Waals surface area contributed by atoms with Crippen LogP contribution in [0.3, 0.4) is 0 Å². The molecule has 20 heavy (non-hydrogen) atoms. The highest BCUT2D eigenvalue weighted by Crippen LogP contribution is 2.16. The summed E-state index contributed by atoms with van der Waals surface area (Å²) in [6.45, 7) is 0.205. The van der Waals surface area contributed by atoms with E-state index < -0.39 is 5.69 Å². The van der Waals surface area contributed by atoms with Gasteiger partial charge in [-0.05, 0) is 0 Å². The van der Waals surface area contributed by atoms with Gasteiger partial charge in [0.25, 0.3) is 5.95 Å². The molecule has 6 N–H and O–H groups in total. The normalized spacial score (nSPS) is 11.5. The topological polar surface area (TPSA) is 169 Å². The molecule has 0 fully saturated rings. The number of aliphatic hydroxyl groups is 2. The molecule has 0 amide bonds. The zero-order valence-corrected chi connectivity index (χ0v) is 10.4. The second-order valence-electron chi connectivity index (χ2n) is 3.80. The predicted molar refractivity (Wildman–Crippen MR) is 69.2 cm³/mol. The average Bonchev–Trinajstić information content (AvgIpc) is 2.79. The Balaban J connectivity index is 2.25. The molecule has 0 aliphatic carbocycles. The first-order valence-electron chi connectivity index (χ1n) is 5.78. The Morgan fingerprint density at radius 1 is 1.20 bits per heavy atom. The number of hydrogen-bond donors (Lipinski definition) is 5. The highest BCUT2D eigenvalue weighted by Gasteiger charge is 2.08. The van der Waals surface area contributed by atoms with Crippen molar-refractivity contribution in [3.8, 4) is 0 Å². The summed E-state index contributed by atoms with van der Waals surface area (Å²) in [6.07, 6.45) is 0. The maximum absolute atomic E-state index is 11.1. The Kier molecular flexibility index (Phi) is 4.22. The highest BCUT2D eigenvalue weighted by molar-refractivity contribution is 5.82. The number of imidazole rings is 1. The standard InChI is InChI=1S/C9H14N8O3/c10-6-5-7(14-9(20)12-6)13-8(11-5)15-16-17(1-3-18)2-4-19/h18-19H,1-4H2,(H4,10,11,12,13,14,20)/b16-15+. The number of nitrogens with one attached hydrogen (secondary N) is 2. The lowest BCUT2D eigenvalue weighted by molar-refractivity contribution is 0.158. The van der Waals surface area contributed by atoms with Gasteiger partial charge in [0, 0.05) is 0 Å². The third-order valence-electron chi connectivity index (χ3n) is 2.37. The molecule has 0 radical (unpaired) electrons. The van der Waals surface area contributed by atoms with Crippen LogP contribution < -0.4 is 11.4 Å². The van der Waals surface area contributed by atoms with Crippen LogP contribution in [0, 0.1) is 0 Å². The summed E-state index contributed by atoms with van der Waals surface area (Å²) >= 11 is 0. The minimum Gasteiger partial charge on any atom is -0.394 e. The van der Waals surface area contributed by atoms with Crippen molar-refractivity contribution in [3.63, 3.8) is 0 Å². The molecule has 0 aliphatic heterocycles. The predicted octanol–water partition coefficient (Wildman–Crippen LogP) is -1.49. The van der Waals surface area contributed by atoms with Crippen LogP contribution in [0.25, 0.3) is 11.2 Å². The van der Waals surface area contributed by atoms with E-state index >= 15 is 0 Å². The molecule has 0 bridgehead atoms. The van der Waals surface area contributed by atoms with E-state index in [2.05, 4.69) is 30.3 Å². The Labute approximate surface area is 112 Å². The Bertz CT molecular complexity index is 657. The number of nitrogens with zero attached hydrogens (tertiary/aromatic N) is 5. The minimum atomic E-state index is -0.604. The molecule has 11 heteroatoms. The van der Waals surface area contributed by atoms with Gasteiger partial charge in [-0.15, -0.1) is 0 Å². The maximum atomic E-state index is 11.1. The van der Waals surface area contributed by atoms with Gasteiger partial charge in [0.05, 0.1) is 26.3 Å². The van der Waals surface area contributed by atoms with Crippen LogP contribution in [0.5, 0.6) is 0 Å². The molecule has 2 aromatic rings. The van der Waals surface area contributed by atoms with Gasteiger partial charge in [-0.1, -0.05) is 10.3 Å². The molecule has 108 valence electrons. The molecule has 0 spiro atoms. The lowest BCUT2D eigenvalue weighted by Gasteiger charge is -2.13. The molecule has 2 aromatic heterocycles. The van der Waals surface area contributed by atoms with Gasteiger partial charge in [0.1, 0.15) is 11.3 Å². The maximum Gasteiger partial charge on any atom is 0.348 e. The van der Waals surface area contributed by atoms with Crippen LogP contribution in [-0.2, 0) is 0 Å². The summed E-state index contributed by atoms with van der Waals surface area (Å²) in [5, 5.41) is 26.6. The van der Waals surface area contributed by atoms with Gasteiger partial charge in [-0.25, -0.2) is 4.79 Å². The fourth-order valence-electron chi connectivity index (χ4n) is 1.51. The number of aliphatic hydroxyl groups excluding tert-OH is 2. The second-order valence-corrected chi connectivity index (χ2v) is 3.80. The molecule has 2 heterocycles. The van der Waals surface area contributed by atoms with Crippen LogP contribution in [0.2, 0.25) is 0 Å². The zero-order chi connectivity index (χ0) is 14.5. The number of aromatic amines is 2. The average molecular weight is 282 g/mol. The van der Waals surface area contributed by atoms with Crippen molar-refractivity contribution in [2.24, 2.45) is 10.3 Å². The number of anilines is 1. The summed E-state index contributed by atoms with van der Waals surface area (Å²) in [7, 11) is 0.